The Morgan fingerprint density at radius 1 is 1.09 bits per heavy atom. The Labute approximate surface area is 214 Å². The monoisotopic (exact) mass is 558 g/mol. The molecule has 1 aliphatic rings. The van der Waals surface area contributed by atoms with Gasteiger partial charge in [0.15, 0.2) is 0 Å². The highest BCUT2D eigenvalue weighted by Gasteiger charge is 2.33. The molecule has 0 radical (unpaired) electrons. The van der Waals surface area contributed by atoms with Gasteiger partial charge in [-0.25, -0.2) is 8.42 Å². The van der Waals surface area contributed by atoms with Crippen LogP contribution in [-0.2, 0) is 21.2 Å². The smallest absolute Gasteiger partial charge is 0.268 e. The lowest BCUT2D eigenvalue weighted by molar-refractivity contribution is -0.117. The quantitative estimate of drug-likeness (QED) is 0.391. The zero-order valence-electron chi connectivity index (χ0n) is 19.8. The van der Waals surface area contributed by atoms with E-state index in [1.807, 2.05) is 32.0 Å². The van der Waals surface area contributed by atoms with E-state index < -0.39 is 10.0 Å². The number of hydrogen-bond donors (Lipinski definition) is 0. The second-order valence-electron chi connectivity index (χ2n) is 8.16. The topological polar surface area (TPSA) is 76.2 Å². The molecule has 0 atom stereocenters. The van der Waals surface area contributed by atoms with Gasteiger partial charge in [-0.05, 0) is 86.0 Å². The molecule has 0 aliphatic carbocycles. The number of amides is 1. The molecule has 1 aliphatic heterocycles. The highest BCUT2D eigenvalue weighted by molar-refractivity contribution is 9.10. The standard InChI is InChI=1S/C26H27BrN2O5S/c1-4-34-22-9-7-21(8-10-22)29(35(31,32)25-15-18(2)5-12-24(25)33-3)17-26(30)28-14-13-19-16-20(27)6-11-23(19)28/h5-12,15-16H,4,13-14,17H2,1-3H3. The summed E-state index contributed by atoms with van der Waals surface area (Å²) in [5.74, 6) is 0.526. The second kappa shape index (κ2) is 10.3. The van der Waals surface area contributed by atoms with E-state index in [1.54, 1.807) is 47.4 Å². The van der Waals surface area contributed by atoms with Crippen LogP contribution in [0.1, 0.15) is 18.1 Å². The van der Waals surface area contributed by atoms with E-state index in [0.717, 1.165) is 25.6 Å². The van der Waals surface area contributed by atoms with E-state index in [4.69, 9.17) is 9.47 Å². The van der Waals surface area contributed by atoms with Crippen molar-refractivity contribution in [2.75, 3.05) is 36.0 Å². The molecule has 0 unspecified atom stereocenters. The Morgan fingerprint density at radius 2 is 1.83 bits per heavy atom. The first kappa shape index (κ1) is 25.1. The third-order valence-corrected chi connectivity index (χ3v) is 8.13. The number of aryl methyl sites for hydroxylation is 1. The van der Waals surface area contributed by atoms with Gasteiger partial charge in [0, 0.05) is 16.7 Å². The van der Waals surface area contributed by atoms with Gasteiger partial charge in [0.2, 0.25) is 5.91 Å². The van der Waals surface area contributed by atoms with E-state index in [2.05, 4.69) is 15.9 Å². The van der Waals surface area contributed by atoms with Crippen LogP contribution in [0.4, 0.5) is 11.4 Å². The number of carbonyl (C=O) groups is 1. The number of rotatable bonds is 8. The predicted octanol–water partition coefficient (Wildman–Crippen LogP) is 4.95. The van der Waals surface area contributed by atoms with E-state index in [0.29, 0.717) is 31.0 Å². The zero-order chi connectivity index (χ0) is 25.2. The molecule has 1 amide bonds. The SMILES string of the molecule is CCOc1ccc(N(CC(=O)N2CCc3cc(Br)ccc32)S(=O)(=O)c2cc(C)ccc2OC)cc1. The Kier molecular flexibility index (Phi) is 7.37. The molecule has 0 N–H and O–H groups in total. The molecule has 4 rings (SSSR count). The molecule has 0 saturated heterocycles. The molecule has 35 heavy (non-hydrogen) atoms. The van der Waals surface area contributed by atoms with Crippen LogP contribution in [0, 0.1) is 6.92 Å². The maximum absolute atomic E-state index is 14.0. The molecule has 184 valence electrons. The summed E-state index contributed by atoms with van der Waals surface area (Å²) in [5.41, 5.74) is 2.97. The maximum atomic E-state index is 14.0. The number of sulfonamides is 1. The molecule has 0 bridgehead atoms. The summed E-state index contributed by atoms with van der Waals surface area (Å²) in [6.45, 7) is 4.31. The average Bonchev–Trinajstić information content (AvgIpc) is 3.26. The normalized spacial score (nSPS) is 12.9. The van der Waals surface area contributed by atoms with Crippen molar-refractivity contribution in [3.05, 3.63) is 76.3 Å². The Morgan fingerprint density at radius 3 is 2.51 bits per heavy atom. The lowest BCUT2D eigenvalue weighted by Crippen LogP contribution is -2.42. The first-order valence-electron chi connectivity index (χ1n) is 11.2. The Balaban J connectivity index is 1.74. The van der Waals surface area contributed by atoms with E-state index in [9.17, 15) is 13.2 Å². The van der Waals surface area contributed by atoms with Crippen LogP contribution in [0.5, 0.6) is 11.5 Å². The fourth-order valence-corrected chi connectivity index (χ4v) is 6.20. The Bertz CT molecular complexity index is 1340. The first-order valence-corrected chi connectivity index (χ1v) is 13.5. The molecule has 7 nitrogen and oxygen atoms in total. The highest BCUT2D eigenvalue weighted by Crippen LogP contribution is 2.34. The number of benzene rings is 3. The van der Waals surface area contributed by atoms with Gasteiger partial charge in [-0.2, -0.15) is 0 Å². The van der Waals surface area contributed by atoms with Crippen LogP contribution in [0.3, 0.4) is 0 Å². The fourth-order valence-electron chi connectivity index (χ4n) is 4.13. The van der Waals surface area contributed by atoms with Crippen molar-refractivity contribution in [3.63, 3.8) is 0 Å². The first-order chi connectivity index (χ1) is 16.7. The van der Waals surface area contributed by atoms with Gasteiger partial charge in [-0.1, -0.05) is 22.0 Å². The molecule has 0 spiro atoms. The lowest BCUT2D eigenvalue weighted by Gasteiger charge is -2.27. The molecular weight excluding hydrogens is 532 g/mol. The van der Waals surface area contributed by atoms with Gasteiger partial charge in [-0.3, -0.25) is 9.10 Å². The summed E-state index contributed by atoms with van der Waals surface area (Å²) in [7, 11) is -2.71. The van der Waals surface area contributed by atoms with Crippen molar-refractivity contribution >= 4 is 43.2 Å². The van der Waals surface area contributed by atoms with Crippen LogP contribution < -0.4 is 18.7 Å². The van der Waals surface area contributed by atoms with Crippen LogP contribution in [0.15, 0.2) is 70.0 Å². The maximum Gasteiger partial charge on any atom is 0.268 e. The van der Waals surface area contributed by atoms with Crippen LogP contribution in [0.2, 0.25) is 0 Å². The number of hydrogen-bond acceptors (Lipinski definition) is 5. The molecule has 3 aromatic rings. The van der Waals surface area contributed by atoms with Crippen LogP contribution >= 0.6 is 15.9 Å². The molecular formula is C26H27BrN2O5S. The minimum absolute atomic E-state index is 0.00689. The van der Waals surface area contributed by atoms with Crippen molar-refractivity contribution in [2.24, 2.45) is 0 Å². The van der Waals surface area contributed by atoms with Crippen molar-refractivity contribution in [1.82, 2.24) is 0 Å². The van der Waals surface area contributed by atoms with Crippen molar-refractivity contribution in [3.8, 4) is 11.5 Å². The third-order valence-electron chi connectivity index (χ3n) is 5.84. The van der Waals surface area contributed by atoms with Crippen molar-refractivity contribution < 1.29 is 22.7 Å². The number of methoxy groups -OCH3 is 1. The largest absolute Gasteiger partial charge is 0.495 e. The van der Waals surface area contributed by atoms with Gasteiger partial charge in [-0.15, -0.1) is 0 Å². The predicted molar refractivity (Wildman–Crippen MR) is 140 cm³/mol. The lowest BCUT2D eigenvalue weighted by atomic mass is 10.2. The van der Waals surface area contributed by atoms with E-state index in [1.165, 1.54) is 7.11 Å². The zero-order valence-corrected chi connectivity index (χ0v) is 22.2. The summed E-state index contributed by atoms with van der Waals surface area (Å²) >= 11 is 3.47. The number of carbonyl (C=O) groups excluding carboxylic acids is 1. The number of ether oxygens (including phenoxy) is 2. The summed E-state index contributed by atoms with van der Waals surface area (Å²) in [6, 6.07) is 17.4. The van der Waals surface area contributed by atoms with E-state index in [-0.39, 0.29) is 23.1 Å². The second-order valence-corrected chi connectivity index (χ2v) is 10.9. The number of fused-ring (bicyclic) bond motifs is 1. The van der Waals surface area contributed by atoms with Crippen molar-refractivity contribution in [1.29, 1.82) is 0 Å². The van der Waals surface area contributed by atoms with Gasteiger partial charge < -0.3 is 14.4 Å². The summed E-state index contributed by atoms with van der Waals surface area (Å²) in [4.78, 5) is 15.1. The molecule has 1 heterocycles. The van der Waals surface area contributed by atoms with Gasteiger partial charge in [0.25, 0.3) is 10.0 Å². The average molecular weight is 559 g/mol. The number of nitrogens with zero attached hydrogens (tertiary/aromatic N) is 2. The molecule has 0 aromatic heterocycles. The minimum Gasteiger partial charge on any atom is -0.495 e. The number of halogens is 1. The van der Waals surface area contributed by atoms with Gasteiger partial charge in [0.1, 0.15) is 22.9 Å². The van der Waals surface area contributed by atoms with Crippen molar-refractivity contribution in [2.45, 2.75) is 25.2 Å². The minimum atomic E-state index is -4.14. The summed E-state index contributed by atoms with van der Waals surface area (Å²) in [6.07, 6.45) is 0.710. The highest BCUT2D eigenvalue weighted by atomic mass is 79.9. The molecule has 0 saturated carbocycles. The summed E-state index contributed by atoms with van der Waals surface area (Å²) in [5, 5.41) is 0. The van der Waals surface area contributed by atoms with Crippen LogP contribution in [0.25, 0.3) is 0 Å². The van der Waals surface area contributed by atoms with E-state index >= 15 is 0 Å². The third kappa shape index (κ3) is 5.16. The fraction of sp³-hybridized carbons (Fsp3) is 0.269. The van der Waals surface area contributed by atoms with Gasteiger partial charge in [0.05, 0.1) is 19.4 Å². The van der Waals surface area contributed by atoms with Crippen LogP contribution in [-0.4, -0.2) is 41.1 Å². The number of anilines is 2. The molecule has 3 aromatic carbocycles. The van der Waals surface area contributed by atoms with Gasteiger partial charge >= 0.3 is 0 Å². The Hall–Kier alpha value is -3.04. The summed E-state index contributed by atoms with van der Waals surface area (Å²) < 4.78 is 40.9. The molecule has 0 fully saturated rings. The molecule has 9 heteroatoms.